The summed E-state index contributed by atoms with van der Waals surface area (Å²) in [5.74, 6) is 0. The van der Waals surface area contributed by atoms with Crippen LogP contribution in [-0.4, -0.2) is 20.3 Å². The molecule has 2 nitrogen and oxygen atoms in total. The molecule has 0 radical (unpaired) electrons. The van der Waals surface area contributed by atoms with Gasteiger partial charge in [-0.2, -0.15) is 0 Å². The van der Waals surface area contributed by atoms with Crippen LogP contribution in [0.3, 0.4) is 0 Å². The Balaban J connectivity index is 2.76. The summed E-state index contributed by atoms with van der Waals surface area (Å²) in [7, 11) is 1.77. The van der Waals surface area contributed by atoms with Gasteiger partial charge in [-0.1, -0.05) is 25.1 Å². The number of aryl methyl sites for hydroxylation is 1. The number of methoxy groups -OCH3 is 1. The second kappa shape index (κ2) is 8.28. The second-order valence-electron chi connectivity index (χ2n) is 4.93. The van der Waals surface area contributed by atoms with E-state index in [1.165, 1.54) is 23.1 Å². The maximum absolute atomic E-state index is 5.16. The van der Waals surface area contributed by atoms with Crippen LogP contribution in [0.4, 0.5) is 0 Å². The van der Waals surface area contributed by atoms with Gasteiger partial charge < -0.3 is 10.1 Å². The first kappa shape index (κ1) is 15.2. The van der Waals surface area contributed by atoms with E-state index in [4.69, 9.17) is 4.74 Å². The molecule has 0 saturated carbocycles. The van der Waals surface area contributed by atoms with E-state index in [1.807, 2.05) is 0 Å². The van der Waals surface area contributed by atoms with Gasteiger partial charge in [-0.25, -0.2) is 0 Å². The van der Waals surface area contributed by atoms with Crippen LogP contribution in [0.25, 0.3) is 0 Å². The number of rotatable bonds is 8. The molecule has 0 spiro atoms. The van der Waals surface area contributed by atoms with Crippen LogP contribution in [0.5, 0.6) is 0 Å². The monoisotopic (exact) mass is 249 g/mol. The summed E-state index contributed by atoms with van der Waals surface area (Å²) in [5, 5.41) is 3.66. The van der Waals surface area contributed by atoms with Crippen LogP contribution >= 0.6 is 0 Å². The third-order valence-corrected chi connectivity index (χ3v) is 3.50. The first-order chi connectivity index (χ1) is 8.70. The summed E-state index contributed by atoms with van der Waals surface area (Å²) in [5.41, 5.74) is 4.24. The van der Waals surface area contributed by atoms with E-state index in [-0.39, 0.29) is 0 Å². The lowest BCUT2D eigenvalue weighted by Gasteiger charge is -2.22. The topological polar surface area (TPSA) is 21.3 Å². The quantitative estimate of drug-likeness (QED) is 0.708. The minimum atomic E-state index is 0.458. The smallest absolute Gasteiger partial charge is 0.0462 e. The van der Waals surface area contributed by atoms with E-state index in [9.17, 15) is 0 Å². The zero-order valence-electron chi connectivity index (χ0n) is 12.3. The van der Waals surface area contributed by atoms with E-state index in [1.54, 1.807) is 7.11 Å². The summed E-state index contributed by atoms with van der Waals surface area (Å²) in [4.78, 5) is 0. The predicted molar refractivity (Wildman–Crippen MR) is 78.1 cm³/mol. The molecule has 2 heteroatoms. The van der Waals surface area contributed by atoms with Crippen molar-refractivity contribution in [2.75, 3.05) is 20.3 Å². The molecule has 18 heavy (non-hydrogen) atoms. The van der Waals surface area contributed by atoms with Crippen LogP contribution in [0.15, 0.2) is 18.2 Å². The molecule has 0 amide bonds. The van der Waals surface area contributed by atoms with Gasteiger partial charge in [-0.15, -0.1) is 0 Å². The Morgan fingerprint density at radius 3 is 2.72 bits per heavy atom. The van der Waals surface area contributed by atoms with E-state index in [0.29, 0.717) is 6.04 Å². The number of hydrogen-bond acceptors (Lipinski definition) is 2. The molecule has 1 atom stereocenters. The summed E-state index contributed by atoms with van der Waals surface area (Å²) < 4.78 is 5.16. The van der Waals surface area contributed by atoms with E-state index in [2.05, 4.69) is 44.3 Å². The number of hydrogen-bond donors (Lipinski definition) is 1. The average Bonchev–Trinajstić information content (AvgIpc) is 2.37. The van der Waals surface area contributed by atoms with Crippen molar-refractivity contribution in [2.45, 2.75) is 46.1 Å². The Morgan fingerprint density at radius 2 is 2.06 bits per heavy atom. The Morgan fingerprint density at radius 1 is 1.28 bits per heavy atom. The largest absolute Gasteiger partial charge is 0.385 e. The van der Waals surface area contributed by atoms with Gasteiger partial charge in [0, 0.05) is 19.8 Å². The van der Waals surface area contributed by atoms with Gasteiger partial charge in [0.05, 0.1) is 0 Å². The predicted octanol–water partition coefficient (Wildman–Crippen LogP) is 3.77. The van der Waals surface area contributed by atoms with Crippen LogP contribution in [-0.2, 0) is 4.74 Å². The molecule has 1 aromatic carbocycles. The molecule has 1 N–H and O–H groups in total. The van der Waals surface area contributed by atoms with Crippen LogP contribution in [0.1, 0.15) is 48.9 Å². The molecule has 0 aliphatic heterocycles. The van der Waals surface area contributed by atoms with Crippen molar-refractivity contribution in [3.8, 4) is 0 Å². The fraction of sp³-hybridized carbons (Fsp3) is 0.625. The minimum Gasteiger partial charge on any atom is -0.385 e. The summed E-state index contributed by atoms with van der Waals surface area (Å²) in [6, 6.07) is 7.06. The third kappa shape index (κ3) is 4.43. The minimum absolute atomic E-state index is 0.458. The highest BCUT2D eigenvalue weighted by Gasteiger charge is 2.13. The molecule has 0 aromatic heterocycles. The summed E-state index contributed by atoms with van der Waals surface area (Å²) >= 11 is 0. The third-order valence-electron chi connectivity index (χ3n) is 3.50. The lowest BCUT2D eigenvalue weighted by Crippen LogP contribution is -2.23. The molecule has 1 unspecified atom stereocenters. The first-order valence-electron chi connectivity index (χ1n) is 6.99. The summed E-state index contributed by atoms with van der Waals surface area (Å²) in [6.07, 6.45) is 3.41. The van der Waals surface area contributed by atoms with Crippen LogP contribution in [0, 0.1) is 13.8 Å². The van der Waals surface area contributed by atoms with E-state index in [0.717, 1.165) is 26.0 Å². The van der Waals surface area contributed by atoms with E-state index >= 15 is 0 Å². The molecule has 1 rings (SSSR count). The van der Waals surface area contributed by atoms with Crippen molar-refractivity contribution >= 4 is 0 Å². The number of nitrogens with one attached hydrogen (secondary N) is 1. The fourth-order valence-electron chi connectivity index (χ4n) is 2.27. The molecule has 102 valence electrons. The van der Waals surface area contributed by atoms with Crippen molar-refractivity contribution in [2.24, 2.45) is 0 Å². The molecule has 1 aromatic rings. The second-order valence-corrected chi connectivity index (χ2v) is 4.93. The molecule has 0 aliphatic carbocycles. The normalized spacial score (nSPS) is 12.7. The molecule has 0 fully saturated rings. The van der Waals surface area contributed by atoms with Crippen molar-refractivity contribution in [3.05, 3.63) is 34.9 Å². The maximum Gasteiger partial charge on any atom is 0.0462 e. The molecule has 0 heterocycles. The van der Waals surface area contributed by atoms with E-state index < -0.39 is 0 Å². The SMILES string of the molecule is CCCNC(CCCOC)c1cccc(C)c1C. The zero-order chi connectivity index (χ0) is 13.4. The zero-order valence-corrected chi connectivity index (χ0v) is 12.3. The van der Waals surface area contributed by atoms with Crippen LogP contribution < -0.4 is 5.32 Å². The molecular formula is C16H27NO. The number of benzene rings is 1. The van der Waals surface area contributed by atoms with Gasteiger partial charge in [0.15, 0.2) is 0 Å². The maximum atomic E-state index is 5.16. The van der Waals surface area contributed by atoms with Gasteiger partial charge in [-0.3, -0.25) is 0 Å². The van der Waals surface area contributed by atoms with Gasteiger partial charge in [0.1, 0.15) is 0 Å². The summed E-state index contributed by atoms with van der Waals surface area (Å²) in [6.45, 7) is 8.54. The van der Waals surface area contributed by atoms with Crippen LogP contribution in [0.2, 0.25) is 0 Å². The highest BCUT2D eigenvalue weighted by Crippen LogP contribution is 2.24. The Kier molecular flexibility index (Phi) is 6.99. The Hall–Kier alpha value is -0.860. The van der Waals surface area contributed by atoms with Crippen molar-refractivity contribution in [3.63, 3.8) is 0 Å². The molecule has 0 aliphatic rings. The fourth-order valence-corrected chi connectivity index (χ4v) is 2.27. The van der Waals surface area contributed by atoms with Crippen molar-refractivity contribution in [1.82, 2.24) is 5.32 Å². The lowest BCUT2D eigenvalue weighted by atomic mass is 9.94. The van der Waals surface area contributed by atoms with Gasteiger partial charge in [0.2, 0.25) is 0 Å². The molecular weight excluding hydrogens is 222 g/mol. The number of ether oxygens (including phenoxy) is 1. The van der Waals surface area contributed by atoms with Gasteiger partial charge in [0.25, 0.3) is 0 Å². The van der Waals surface area contributed by atoms with Gasteiger partial charge >= 0.3 is 0 Å². The Labute approximate surface area is 112 Å². The van der Waals surface area contributed by atoms with Crippen molar-refractivity contribution < 1.29 is 4.74 Å². The highest BCUT2D eigenvalue weighted by atomic mass is 16.5. The average molecular weight is 249 g/mol. The molecule has 0 saturated heterocycles. The standard InChI is InChI=1S/C16H27NO/c1-5-11-17-16(10-7-12-18-4)15-9-6-8-13(2)14(15)3/h6,8-9,16-17H,5,7,10-12H2,1-4H3. The first-order valence-corrected chi connectivity index (χ1v) is 6.99. The highest BCUT2D eigenvalue weighted by molar-refractivity contribution is 5.35. The van der Waals surface area contributed by atoms with Crippen molar-refractivity contribution in [1.29, 1.82) is 0 Å². The van der Waals surface area contributed by atoms with Gasteiger partial charge in [-0.05, 0) is 56.3 Å². The Bertz CT molecular complexity index is 349. The molecule has 0 bridgehead atoms. The lowest BCUT2D eigenvalue weighted by molar-refractivity contribution is 0.188.